The van der Waals surface area contributed by atoms with E-state index in [9.17, 15) is 0 Å². The van der Waals surface area contributed by atoms with Crippen LogP contribution in [-0.2, 0) is 0 Å². The van der Waals surface area contributed by atoms with Gasteiger partial charge in [-0.1, -0.05) is 19.3 Å². The van der Waals surface area contributed by atoms with Crippen LogP contribution in [0, 0.1) is 12.8 Å². The predicted octanol–water partition coefficient (Wildman–Crippen LogP) is 3.59. The van der Waals surface area contributed by atoms with E-state index >= 15 is 0 Å². The highest BCUT2D eigenvalue weighted by atomic mass is 35.5. The van der Waals surface area contributed by atoms with Crippen molar-refractivity contribution in [3.63, 3.8) is 0 Å². The van der Waals surface area contributed by atoms with E-state index in [1.54, 1.807) is 0 Å². The predicted molar refractivity (Wildman–Crippen MR) is 64.2 cm³/mol. The average molecular weight is 230 g/mol. The minimum Gasteiger partial charge on any atom is -0.465 e. The Hall–Kier alpha value is -0.470. The molecule has 0 aliphatic heterocycles. The average Bonchev–Trinajstić information content (AvgIpc) is 2.65. The van der Waals surface area contributed by atoms with Crippen LogP contribution in [0.1, 0.15) is 49.7 Å². The summed E-state index contributed by atoms with van der Waals surface area (Å²) in [5, 5.41) is 0. The SMILES string of the molecule is Cc1ccc([C@@H](N)C2CCCCC2)o1.Cl. The highest BCUT2D eigenvalue weighted by molar-refractivity contribution is 5.85. The van der Waals surface area contributed by atoms with Crippen LogP contribution in [-0.4, -0.2) is 0 Å². The normalized spacial score (nSPS) is 19.6. The Morgan fingerprint density at radius 3 is 2.47 bits per heavy atom. The van der Waals surface area contributed by atoms with Gasteiger partial charge in [0.25, 0.3) is 0 Å². The molecule has 0 unspecified atom stereocenters. The molecule has 2 rings (SSSR count). The first-order valence-electron chi connectivity index (χ1n) is 5.59. The van der Waals surface area contributed by atoms with Gasteiger partial charge in [-0.2, -0.15) is 0 Å². The fourth-order valence-corrected chi connectivity index (χ4v) is 2.36. The first-order valence-corrected chi connectivity index (χ1v) is 5.59. The third-order valence-electron chi connectivity index (χ3n) is 3.25. The van der Waals surface area contributed by atoms with Gasteiger partial charge < -0.3 is 10.2 Å². The molecule has 1 aliphatic carbocycles. The maximum Gasteiger partial charge on any atom is 0.121 e. The summed E-state index contributed by atoms with van der Waals surface area (Å²) in [6.07, 6.45) is 6.57. The van der Waals surface area contributed by atoms with E-state index in [0.29, 0.717) is 5.92 Å². The van der Waals surface area contributed by atoms with Crippen molar-refractivity contribution >= 4 is 12.4 Å². The largest absolute Gasteiger partial charge is 0.465 e. The molecule has 86 valence electrons. The second kappa shape index (κ2) is 5.57. The van der Waals surface area contributed by atoms with E-state index < -0.39 is 0 Å². The summed E-state index contributed by atoms with van der Waals surface area (Å²) in [6, 6.07) is 4.14. The van der Waals surface area contributed by atoms with Gasteiger partial charge in [0.1, 0.15) is 11.5 Å². The van der Waals surface area contributed by atoms with E-state index in [-0.39, 0.29) is 18.4 Å². The van der Waals surface area contributed by atoms with Gasteiger partial charge in [0.15, 0.2) is 0 Å². The molecule has 1 aliphatic rings. The van der Waals surface area contributed by atoms with Crippen LogP contribution in [0.3, 0.4) is 0 Å². The van der Waals surface area contributed by atoms with Crippen molar-refractivity contribution in [3.8, 4) is 0 Å². The molecule has 1 saturated carbocycles. The Balaban J connectivity index is 0.00000112. The van der Waals surface area contributed by atoms with Gasteiger partial charge >= 0.3 is 0 Å². The summed E-state index contributed by atoms with van der Waals surface area (Å²) in [4.78, 5) is 0. The lowest BCUT2D eigenvalue weighted by Crippen LogP contribution is -2.22. The van der Waals surface area contributed by atoms with Gasteiger partial charge in [-0.15, -0.1) is 12.4 Å². The smallest absolute Gasteiger partial charge is 0.121 e. The number of hydrogen-bond donors (Lipinski definition) is 1. The molecule has 2 nitrogen and oxygen atoms in total. The molecule has 0 spiro atoms. The molecule has 0 bridgehead atoms. The summed E-state index contributed by atoms with van der Waals surface area (Å²) < 4.78 is 5.57. The summed E-state index contributed by atoms with van der Waals surface area (Å²) in [6.45, 7) is 1.97. The molecule has 0 aromatic carbocycles. The molecule has 1 aromatic heterocycles. The van der Waals surface area contributed by atoms with Crippen LogP contribution in [0.2, 0.25) is 0 Å². The monoisotopic (exact) mass is 229 g/mol. The quantitative estimate of drug-likeness (QED) is 0.842. The third kappa shape index (κ3) is 2.99. The standard InChI is InChI=1S/C12H19NO.ClH/c1-9-7-8-11(14-9)12(13)10-5-3-2-4-6-10;/h7-8,10,12H,2-6,13H2,1H3;1H/t12-;/m0./s1. The molecule has 1 fully saturated rings. The second-order valence-corrected chi connectivity index (χ2v) is 4.37. The van der Waals surface area contributed by atoms with Crippen LogP contribution in [0.4, 0.5) is 0 Å². The molecular weight excluding hydrogens is 210 g/mol. The first kappa shape index (κ1) is 12.6. The molecule has 0 radical (unpaired) electrons. The Morgan fingerprint density at radius 2 is 1.93 bits per heavy atom. The van der Waals surface area contributed by atoms with Gasteiger partial charge in [-0.25, -0.2) is 0 Å². The van der Waals surface area contributed by atoms with Crippen molar-refractivity contribution in [1.82, 2.24) is 0 Å². The summed E-state index contributed by atoms with van der Waals surface area (Å²) in [5.74, 6) is 2.56. The Labute approximate surface area is 97.6 Å². The Morgan fingerprint density at radius 1 is 1.27 bits per heavy atom. The molecule has 1 atom stereocenters. The highest BCUT2D eigenvalue weighted by Crippen LogP contribution is 2.33. The lowest BCUT2D eigenvalue weighted by atomic mass is 9.83. The number of hydrogen-bond acceptors (Lipinski definition) is 2. The van der Waals surface area contributed by atoms with Gasteiger partial charge in [0.2, 0.25) is 0 Å². The Bertz CT molecular complexity index is 292. The number of aryl methyl sites for hydroxylation is 1. The van der Waals surface area contributed by atoms with Gasteiger partial charge in [0, 0.05) is 0 Å². The van der Waals surface area contributed by atoms with Crippen LogP contribution in [0.15, 0.2) is 16.5 Å². The molecule has 1 heterocycles. The van der Waals surface area contributed by atoms with Crippen LogP contribution in [0.5, 0.6) is 0 Å². The van der Waals surface area contributed by atoms with E-state index in [2.05, 4.69) is 0 Å². The van der Waals surface area contributed by atoms with Crippen LogP contribution in [0.25, 0.3) is 0 Å². The van der Waals surface area contributed by atoms with Crippen molar-refractivity contribution in [1.29, 1.82) is 0 Å². The first-order chi connectivity index (χ1) is 6.77. The number of furan rings is 1. The van der Waals surface area contributed by atoms with Gasteiger partial charge in [0.05, 0.1) is 6.04 Å². The van der Waals surface area contributed by atoms with Crippen molar-refractivity contribution in [2.75, 3.05) is 0 Å². The van der Waals surface area contributed by atoms with Crippen molar-refractivity contribution in [2.45, 2.75) is 45.1 Å². The highest BCUT2D eigenvalue weighted by Gasteiger charge is 2.23. The zero-order chi connectivity index (χ0) is 9.97. The van der Waals surface area contributed by atoms with Crippen molar-refractivity contribution in [3.05, 3.63) is 23.7 Å². The number of rotatable bonds is 2. The molecule has 0 amide bonds. The fourth-order valence-electron chi connectivity index (χ4n) is 2.36. The van der Waals surface area contributed by atoms with Crippen molar-refractivity contribution in [2.24, 2.45) is 11.7 Å². The van der Waals surface area contributed by atoms with E-state index in [1.165, 1.54) is 32.1 Å². The molecule has 15 heavy (non-hydrogen) atoms. The molecule has 1 aromatic rings. The van der Waals surface area contributed by atoms with Crippen LogP contribution >= 0.6 is 12.4 Å². The fraction of sp³-hybridized carbons (Fsp3) is 0.667. The minimum absolute atomic E-state index is 0. The van der Waals surface area contributed by atoms with E-state index in [0.717, 1.165) is 11.5 Å². The number of halogens is 1. The van der Waals surface area contributed by atoms with Gasteiger partial charge in [-0.05, 0) is 37.8 Å². The summed E-state index contributed by atoms with van der Waals surface area (Å²) in [7, 11) is 0. The van der Waals surface area contributed by atoms with Gasteiger partial charge in [-0.3, -0.25) is 0 Å². The van der Waals surface area contributed by atoms with Crippen molar-refractivity contribution < 1.29 is 4.42 Å². The second-order valence-electron chi connectivity index (χ2n) is 4.37. The van der Waals surface area contributed by atoms with E-state index in [1.807, 2.05) is 19.1 Å². The van der Waals surface area contributed by atoms with E-state index in [4.69, 9.17) is 10.2 Å². The molecule has 0 saturated heterocycles. The Kier molecular flexibility index (Phi) is 4.68. The molecule has 2 N–H and O–H groups in total. The lowest BCUT2D eigenvalue weighted by Gasteiger charge is -2.25. The number of nitrogens with two attached hydrogens (primary N) is 1. The zero-order valence-electron chi connectivity index (χ0n) is 9.24. The van der Waals surface area contributed by atoms with Crippen LogP contribution < -0.4 is 5.73 Å². The molecule has 3 heteroatoms. The topological polar surface area (TPSA) is 39.2 Å². The maximum atomic E-state index is 6.19. The molecular formula is C12H20ClNO. The summed E-state index contributed by atoms with van der Waals surface area (Å²) >= 11 is 0. The lowest BCUT2D eigenvalue weighted by molar-refractivity contribution is 0.278. The third-order valence-corrected chi connectivity index (χ3v) is 3.25. The maximum absolute atomic E-state index is 6.19. The summed E-state index contributed by atoms with van der Waals surface area (Å²) in [5.41, 5.74) is 6.19. The minimum atomic E-state index is 0. The zero-order valence-corrected chi connectivity index (χ0v) is 10.1.